The summed E-state index contributed by atoms with van der Waals surface area (Å²) in [6, 6.07) is 4.12. The van der Waals surface area contributed by atoms with Gasteiger partial charge < -0.3 is 14.8 Å². The summed E-state index contributed by atoms with van der Waals surface area (Å²) in [4.78, 5) is 13.8. The van der Waals surface area contributed by atoms with Crippen LogP contribution in [0.15, 0.2) is 29.3 Å². The monoisotopic (exact) mass is 344 g/mol. The van der Waals surface area contributed by atoms with Crippen molar-refractivity contribution in [2.24, 2.45) is 0 Å². The summed E-state index contributed by atoms with van der Waals surface area (Å²) in [5, 5.41) is 9.80. The van der Waals surface area contributed by atoms with E-state index in [1.54, 1.807) is 0 Å². The van der Waals surface area contributed by atoms with Gasteiger partial charge in [-0.1, -0.05) is 6.07 Å². The number of aliphatic hydroxyl groups excluding tert-OH is 1. The van der Waals surface area contributed by atoms with Crippen molar-refractivity contribution in [3.8, 4) is 0 Å². The Hall–Kier alpha value is -1.97. The molecule has 0 saturated heterocycles. The number of rotatable bonds is 5. The number of aliphatic hydroxyl groups is 1. The van der Waals surface area contributed by atoms with E-state index in [9.17, 15) is 22.7 Å². The third-order valence-electron chi connectivity index (χ3n) is 3.41. The Bertz CT molecular complexity index is 844. The van der Waals surface area contributed by atoms with Gasteiger partial charge in [0, 0.05) is 11.7 Å². The molecule has 2 rings (SSSR count). The molecule has 0 saturated carbocycles. The van der Waals surface area contributed by atoms with E-state index in [-0.39, 0.29) is 10.3 Å². The minimum atomic E-state index is -4.20. The molecule has 9 heteroatoms. The molecule has 1 atom stereocenters. The van der Waals surface area contributed by atoms with Crippen LogP contribution in [0.2, 0.25) is 0 Å². The summed E-state index contributed by atoms with van der Waals surface area (Å²) in [7, 11) is -3.12. The van der Waals surface area contributed by atoms with Gasteiger partial charge in [-0.2, -0.15) is 0 Å². The van der Waals surface area contributed by atoms with Gasteiger partial charge >= 0.3 is 5.97 Å². The van der Waals surface area contributed by atoms with E-state index in [0.29, 0.717) is 5.52 Å². The predicted molar refractivity (Wildman–Crippen MR) is 80.7 cm³/mol. The zero-order valence-electron chi connectivity index (χ0n) is 12.8. The molecule has 1 aromatic heterocycles. The normalized spacial score (nSPS) is 14.0. The molecule has 3 N–H and O–H groups in total. The van der Waals surface area contributed by atoms with E-state index in [1.165, 1.54) is 26.0 Å². The zero-order valence-corrected chi connectivity index (χ0v) is 13.6. The summed E-state index contributed by atoms with van der Waals surface area (Å²) in [5.41, 5.74) is -1.24. The van der Waals surface area contributed by atoms with Crippen molar-refractivity contribution in [2.45, 2.75) is 30.4 Å². The second-order valence-corrected chi connectivity index (χ2v) is 7.22. The Labute approximate surface area is 132 Å². The first-order valence-corrected chi connectivity index (χ1v) is 8.14. The van der Waals surface area contributed by atoms with Gasteiger partial charge in [-0.3, -0.25) is 0 Å². The quantitative estimate of drug-likeness (QED) is 0.698. The minimum absolute atomic E-state index is 0.0941. The van der Waals surface area contributed by atoms with Crippen LogP contribution in [0.25, 0.3) is 10.9 Å². The molecule has 0 fully saturated rings. The van der Waals surface area contributed by atoms with Gasteiger partial charge in [0.05, 0.1) is 18.0 Å². The molecule has 1 aromatic carbocycles. The zero-order chi connectivity index (χ0) is 17.4. The number of benzene rings is 1. The van der Waals surface area contributed by atoms with E-state index in [4.69, 9.17) is 0 Å². The van der Waals surface area contributed by atoms with Gasteiger partial charge in [-0.05, 0) is 26.0 Å². The lowest BCUT2D eigenvalue weighted by molar-refractivity contribution is -0.153. The number of halogens is 1. The molecule has 1 heterocycles. The summed E-state index contributed by atoms with van der Waals surface area (Å²) in [6.45, 7) is 2.63. The van der Waals surface area contributed by atoms with Crippen LogP contribution < -0.4 is 4.72 Å². The van der Waals surface area contributed by atoms with Crippen LogP contribution in [-0.2, 0) is 19.6 Å². The van der Waals surface area contributed by atoms with Gasteiger partial charge in [0.1, 0.15) is 10.7 Å². The van der Waals surface area contributed by atoms with Crippen LogP contribution >= 0.6 is 0 Å². The van der Waals surface area contributed by atoms with Crippen molar-refractivity contribution in [1.29, 1.82) is 0 Å². The number of methoxy groups -OCH3 is 1. The highest BCUT2D eigenvalue weighted by molar-refractivity contribution is 7.89. The van der Waals surface area contributed by atoms with Crippen molar-refractivity contribution in [1.82, 2.24) is 9.71 Å². The topological polar surface area (TPSA) is 108 Å². The second-order valence-electron chi connectivity index (χ2n) is 5.57. The first-order valence-electron chi connectivity index (χ1n) is 6.65. The number of esters is 1. The van der Waals surface area contributed by atoms with Gasteiger partial charge in [0.2, 0.25) is 10.0 Å². The molecule has 2 aromatic rings. The largest absolute Gasteiger partial charge is 0.467 e. The van der Waals surface area contributed by atoms with E-state index in [0.717, 1.165) is 19.4 Å². The SMILES string of the molecule is COC(=O)[C@@H](O)C(C)(C)NS(=O)(=O)c1c[nH]c2cccc(F)c12. The number of H-pyrrole nitrogens is 1. The number of hydrogen-bond acceptors (Lipinski definition) is 5. The Morgan fingerprint density at radius 3 is 2.70 bits per heavy atom. The smallest absolute Gasteiger partial charge is 0.336 e. The fraction of sp³-hybridized carbons (Fsp3) is 0.357. The van der Waals surface area contributed by atoms with E-state index >= 15 is 0 Å². The summed E-state index contributed by atoms with van der Waals surface area (Å²) in [6.07, 6.45) is -0.575. The Morgan fingerprint density at radius 2 is 2.09 bits per heavy atom. The molecule has 23 heavy (non-hydrogen) atoms. The van der Waals surface area contributed by atoms with Crippen LogP contribution in [0.3, 0.4) is 0 Å². The van der Waals surface area contributed by atoms with Crippen molar-refractivity contribution in [3.63, 3.8) is 0 Å². The molecular weight excluding hydrogens is 327 g/mol. The maximum Gasteiger partial charge on any atom is 0.336 e. The molecule has 0 spiro atoms. The Kier molecular flexibility index (Phi) is 4.47. The fourth-order valence-corrected chi connectivity index (χ4v) is 3.79. The summed E-state index contributed by atoms with van der Waals surface area (Å²) < 4.78 is 45.6. The summed E-state index contributed by atoms with van der Waals surface area (Å²) >= 11 is 0. The Balaban J connectivity index is 2.44. The number of fused-ring (bicyclic) bond motifs is 1. The lowest BCUT2D eigenvalue weighted by atomic mass is 9.99. The second kappa shape index (κ2) is 5.91. The van der Waals surface area contributed by atoms with E-state index in [2.05, 4.69) is 14.4 Å². The molecule has 0 radical (unpaired) electrons. The van der Waals surface area contributed by atoms with Crippen LogP contribution in [0.1, 0.15) is 13.8 Å². The number of nitrogens with one attached hydrogen (secondary N) is 2. The third-order valence-corrected chi connectivity index (χ3v) is 5.11. The lowest BCUT2D eigenvalue weighted by Crippen LogP contribution is -2.55. The van der Waals surface area contributed by atoms with Crippen LogP contribution in [0, 0.1) is 5.82 Å². The molecule has 0 aliphatic rings. The average Bonchev–Trinajstić information content (AvgIpc) is 2.91. The fourth-order valence-electron chi connectivity index (χ4n) is 2.19. The van der Waals surface area contributed by atoms with Crippen molar-refractivity contribution in [3.05, 3.63) is 30.2 Å². The first-order chi connectivity index (χ1) is 10.6. The highest BCUT2D eigenvalue weighted by Gasteiger charge is 2.39. The lowest BCUT2D eigenvalue weighted by Gasteiger charge is -2.29. The number of carbonyl (C=O) groups excluding carboxylic acids is 1. The molecule has 0 aliphatic carbocycles. The third kappa shape index (κ3) is 3.21. The van der Waals surface area contributed by atoms with Crippen LogP contribution in [0.5, 0.6) is 0 Å². The number of carbonyl (C=O) groups is 1. The molecule has 0 unspecified atom stereocenters. The molecule has 0 amide bonds. The highest BCUT2D eigenvalue weighted by atomic mass is 32.2. The van der Waals surface area contributed by atoms with E-state index in [1.807, 2.05) is 0 Å². The number of hydrogen-bond donors (Lipinski definition) is 3. The maximum atomic E-state index is 13.9. The average molecular weight is 344 g/mol. The predicted octanol–water partition coefficient (Wildman–Crippen LogP) is 0.898. The maximum absolute atomic E-state index is 13.9. The number of aromatic nitrogens is 1. The van der Waals surface area contributed by atoms with Gasteiger partial charge in [0.25, 0.3) is 0 Å². The van der Waals surface area contributed by atoms with Gasteiger partial charge in [-0.25, -0.2) is 22.3 Å². The van der Waals surface area contributed by atoms with Crippen LogP contribution in [0.4, 0.5) is 4.39 Å². The first kappa shape index (κ1) is 17.4. The molecule has 126 valence electrons. The van der Waals surface area contributed by atoms with E-state index < -0.39 is 33.5 Å². The van der Waals surface area contributed by atoms with Crippen molar-refractivity contribution < 1.29 is 27.4 Å². The van der Waals surface area contributed by atoms with Gasteiger partial charge in [-0.15, -0.1) is 0 Å². The molecule has 0 aliphatic heterocycles. The number of ether oxygens (including phenoxy) is 1. The van der Waals surface area contributed by atoms with Crippen molar-refractivity contribution in [2.75, 3.05) is 7.11 Å². The molecule has 7 nitrogen and oxygen atoms in total. The minimum Gasteiger partial charge on any atom is -0.467 e. The summed E-state index contributed by atoms with van der Waals surface area (Å²) in [5.74, 6) is -1.68. The number of sulfonamides is 1. The Morgan fingerprint density at radius 1 is 1.43 bits per heavy atom. The van der Waals surface area contributed by atoms with Crippen molar-refractivity contribution >= 4 is 26.9 Å². The molecular formula is C14H17FN2O5S. The standard InChI is InChI=1S/C14H17FN2O5S/c1-14(2,12(18)13(19)22-3)17-23(20,21)10-7-16-9-6-4-5-8(15)11(9)10/h4-7,12,16-18H,1-3H3/t12-/m1/s1. The van der Waals surface area contributed by atoms with Crippen LogP contribution in [-0.4, -0.2) is 43.2 Å². The van der Waals surface area contributed by atoms with Gasteiger partial charge in [0.15, 0.2) is 6.10 Å². The highest BCUT2D eigenvalue weighted by Crippen LogP contribution is 2.26. The molecule has 0 bridgehead atoms. The number of aromatic amines is 1.